The number of carbonyl (C=O) groups excluding carboxylic acids is 1. The van der Waals surface area contributed by atoms with Crippen molar-refractivity contribution in [2.75, 3.05) is 0 Å². The molecule has 0 N–H and O–H groups in total. The van der Waals surface area contributed by atoms with E-state index in [9.17, 15) is 14.4 Å². The van der Waals surface area contributed by atoms with Gasteiger partial charge in [0.05, 0.1) is 16.1 Å². The smallest absolute Gasteiger partial charge is 0.186 e. The van der Waals surface area contributed by atoms with Crippen molar-refractivity contribution in [2.24, 2.45) is 0 Å². The zero-order valence-corrected chi connectivity index (χ0v) is 12.7. The Kier molecular flexibility index (Phi) is 4.84. The largest absolute Gasteiger partial charge is 0.292 e. The van der Waals surface area contributed by atoms with Gasteiger partial charge in [0.25, 0.3) is 0 Å². The Morgan fingerprint density at radius 2 is 1.86 bits per heavy atom. The normalized spacial score (nSPS) is 11.8. The summed E-state index contributed by atoms with van der Waals surface area (Å²) in [5.74, 6) is -2.28. The van der Waals surface area contributed by atoms with Crippen LogP contribution in [0.3, 0.4) is 0 Å². The molecule has 1 unspecified atom stereocenters. The number of ketones is 1. The lowest BCUT2D eigenvalue weighted by Gasteiger charge is -2.12. The molecule has 0 fully saturated rings. The molecular weight excluding hydrogens is 336 g/mol. The quantitative estimate of drug-likeness (QED) is 0.712. The fourth-order valence-corrected chi connectivity index (χ4v) is 2.52. The van der Waals surface area contributed by atoms with Gasteiger partial charge in [-0.1, -0.05) is 46.9 Å². The summed E-state index contributed by atoms with van der Waals surface area (Å²) < 4.78 is 13.1. The van der Waals surface area contributed by atoms with Gasteiger partial charge in [-0.3, -0.25) is 4.79 Å². The standard InChI is InChI=1S/C15H7Cl3FNO/c16-12-3-1-2-10(14(12)18)15(21)11(7-20)9-5-4-8(19)6-13(9)17/h1-6,11H. The average Bonchev–Trinajstić information content (AvgIpc) is 2.44. The van der Waals surface area contributed by atoms with Crippen LogP contribution in [-0.2, 0) is 0 Å². The molecule has 21 heavy (non-hydrogen) atoms. The van der Waals surface area contributed by atoms with Crippen LogP contribution in [0, 0.1) is 17.1 Å². The van der Waals surface area contributed by atoms with Crippen molar-refractivity contribution in [3.8, 4) is 6.07 Å². The molecule has 1 atom stereocenters. The highest BCUT2D eigenvalue weighted by molar-refractivity contribution is 6.44. The molecule has 0 aromatic heterocycles. The second-order valence-electron chi connectivity index (χ2n) is 4.19. The predicted molar refractivity (Wildman–Crippen MR) is 80.6 cm³/mol. The molecule has 0 saturated carbocycles. The van der Waals surface area contributed by atoms with Crippen molar-refractivity contribution in [1.82, 2.24) is 0 Å². The zero-order valence-electron chi connectivity index (χ0n) is 10.4. The van der Waals surface area contributed by atoms with Crippen LogP contribution in [0.4, 0.5) is 4.39 Å². The number of carbonyl (C=O) groups is 1. The number of hydrogen-bond acceptors (Lipinski definition) is 2. The van der Waals surface area contributed by atoms with Crippen LogP contribution in [0.5, 0.6) is 0 Å². The lowest BCUT2D eigenvalue weighted by atomic mass is 9.91. The van der Waals surface area contributed by atoms with E-state index in [2.05, 4.69) is 0 Å². The van der Waals surface area contributed by atoms with Crippen LogP contribution in [-0.4, -0.2) is 5.78 Å². The van der Waals surface area contributed by atoms with Gasteiger partial charge in [-0.25, -0.2) is 4.39 Å². The van der Waals surface area contributed by atoms with Crippen molar-refractivity contribution >= 4 is 40.6 Å². The van der Waals surface area contributed by atoms with Gasteiger partial charge in [0.15, 0.2) is 5.78 Å². The Hall–Kier alpha value is -1.60. The van der Waals surface area contributed by atoms with Gasteiger partial charge < -0.3 is 0 Å². The third-order valence-corrected chi connectivity index (χ3v) is 4.03. The van der Waals surface area contributed by atoms with E-state index < -0.39 is 17.5 Å². The Morgan fingerprint density at radius 3 is 2.48 bits per heavy atom. The lowest BCUT2D eigenvalue weighted by Crippen LogP contribution is -2.12. The van der Waals surface area contributed by atoms with Gasteiger partial charge >= 0.3 is 0 Å². The molecule has 106 valence electrons. The molecule has 6 heteroatoms. The Labute approximate surface area is 135 Å². The first kappa shape index (κ1) is 15.8. The Morgan fingerprint density at radius 1 is 1.14 bits per heavy atom. The highest BCUT2D eigenvalue weighted by Gasteiger charge is 2.26. The summed E-state index contributed by atoms with van der Waals surface area (Å²) in [5.41, 5.74) is 0.345. The molecule has 0 aliphatic heterocycles. The average molecular weight is 343 g/mol. The molecule has 0 saturated heterocycles. The van der Waals surface area contributed by atoms with Crippen molar-refractivity contribution in [2.45, 2.75) is 5.92 Å². The maximum atomic E-state index is 13.1. The van der Waals surface area contributed by atoms with Gasteiger partial charge in [-0.15, -0.1) is 0 Å². The number of nitriles is 1. The molecule has 0 aliphatic rings. The highest BCUT2D eigenvalue weighted by atomic mass is 35.5. The zero-order chi connectivity index (χ0) is 15.6. The predicted octanol–water partition coefficient (Wildman–Crippen LogP) is 5.28. The fraction of sp³-hybridized carbons (Fsp3) is 0.0667. The molecule has 0 spiro atoms. The number of benzene rings is 2. The monoisotopic (exact) mass is 341 g/mol. The summed E-state index contributed by atoms with van der Waals surface area (Å²) in [6.07, 6.45) is 0. The van der Waals surface area contributed by atoms with E-state index in [0.717, 1.165) is 12.1 Å². The van der Waals surface area contributed by atoms with E-state index in [1.807, 2.05) is 6.07 Å². The molecule has 0 bridgehead atoms. The van der Waals surface area contributed by atoms with Crippen molar-refractivity contribution < 1.29 is 9.18 Å². The Bertz CT molecular complexity index is 755. The van der Waals surface area contributed by atoms with Crippen molar-refractivity contribution in [3.05, 3.63) is 68.4 Å². The van der Waals surface area contributed by atoms with Crippen molar-refractivity contribution in [3.63, 3.8) is 0 Å². The van der Waals surface area contributed by atoms with Crippen molar-refractivity contribution in [1.29, 1.82) is 5.26 Å². The molecule has 2 nitrogen and oxygen atoms in total. The van der Waals surface area contributed by atoms with Gasteiger partial charge in [0, 0.05) is 10.6 Å². The molecule has 2 aromatic carbocycles. The summed E-state index contributed by atoms with van der Waals surface area (Å²) in [7, 11) is 0. The molecule has 0 amide bonds. The number of rotatable bonds is 3. The summed E-state index contributed by atoms with van der Waals surface area (Å²) in [6.45, 7) is 0. The Balaban J connectivity index is 2.49. The molecule has 0 aliphatic carbocycles. The lowest BCUT2D eigenvalue weighted by molar-refractivity contribution is 0.0979. The van der Waals surface area contributed by atoms with Crippen LogP contribution < -0.4 is 0 Å². The minimum Gasteiger partial charge on any atom is -0.292 e. The maximum Gasteiger partial charge on any atom is 0.186 e. The third-order valence-electron chi connectivity index (χ3n) is 2.88. The number of nitrogens with zero attached hydrogens (tertiary/aromatic N) is 1. The second-order valence-corrected chi connectivity index (χ2v) is 5.39. The number of hydrogen-bond donors (Lipinski definition) is 0. The molecule has 2 aromatic rings. The first-order valence-corrected chi connectivity index (χ1v) is 6.92. The van der Waals surface area contributed by atoms with Crippen LogP contribution in [0.2, 0.25) is 15.1 Å². The van der Waals surface area contributed by atoms with Gasteiger partial charge in [-0.05, 0) is 29.8 Å². The minimum absolute atomic E-state index is 0.00745. The minimum atomic E-state index is -1.19. The second kappa shape index (κ2) is 6.44. The topological polar surface area (TPSA) is 40.9 Å². The highest BCUT2D eigenvalue weighted by Crippen LogP contribution is 2.32. The summed E-state index contributed by atoms with van der Waals surface area (Å²) >= 11 is 17.8. The molecular formula is C15H7Cl3FNO. The summed E-state index contributed by atoms with van der Waals surface area (Å²) in [6, 6.07) is 9.92. The summed E-state index contributed by atoms with van der Waals surface area (Å²) in [5, 5.41) is 9.56. The van der Waals surface area contributed by atoms with Gasteiger partial charge in [0.1, 0.15) is 11.7 Å². The maximum absolute atomic E-state index is 13.1. The number of Topliss-reactive ketones (excluding diaryl/α,β-unsaturated/α-hetero) is 1. The molecule has 2 rings (SSSR count). The van der Waals surface area contributed by atoms with Crippen LogP contribution in [0.1, 0.15) is 21.8 Å². The first-order chi connectivity index (χ1) is 9.95. The molecule has 0 radical (unpaired) electrons. The summed E-state index contributed by atoms with van der Waals surface area (Å²) in [4.78, 5) is 12.5. The van der Waals surface area contributed by atoms with E-state index >= 15 is 0 Å². The molecule has 0 heterocycles. The third kappa shape index (κ3) is 3.19. The van der Waals surface area contributed by atoms with Crippen LogP contribution in [0.25, 0.3) is 0 Å². The first-order valence-electron chi connectivity index (χ1n) is 5.78. The fourth-order valence-electron chi connectivity index (χ4n) is 1.85. The number of halogens is 4. The van der Waals surface area contributed by atoms with Crippen LogP contribution in [0.15, 0.2) is 36.4 Å². The van der Waals surface area contributed by atoms with E-state index in [0.29, 0.717) is 0 Å². The SMILES string of the molecule is N#CC(C(=O)c1cccc(Cl)c1Cl)c1ccc(F)cc1Cl. The van der Waals surface area contributed by atoms with E-state index in [1.54, 1.807) is 6.07 Å². The van der Waals surface area contributed by atoms with Gasteiger partial charge in [-0.2, -0.15) is 5.26 Å². The van der Waals surface area contributed by atoms with E-state index in [4.69, 9.17) is 34.8 Å². The van der Waals surface area contributed by atoms with Crippen LogP contribution >= 0.6 is 34.8 Å². The van der Waals surface area contributed by atoms with Gasteiger partial charge in [0.2, 0.25) is 0 Å². The van der Waals surface area contributed by atoms with E-state index in [-0.39, 0.29) is 26.2 Å². The van der Waals surface area contributed by atoms with E-state index in [1.165, 1.54) is 18.2 Å².